The summed E-state index contributed by atoms with van der Waals surface area (Å²) >= 11 is 0. The smallest absolute Gasteiger partial charge is 0.267 e. The summed E-state index contributed by atoms with van der Waals surface area (Å²) in [5, 5.41) is 100. The van der Waals surface area contributed by atoms with Crippen molar-refractivity contribution in [3.8, 4) is 0 Å². The van der Waals surface area contributed by atoms with E-state index in [1.807, 2.05) is 0 Å². The summed E-state index contributed by atoms with van der Waals surface area (Å²) in [5.74, 6) is -2.46. The topological polar surface area (TPSA) is 481 Å². The van der Waals surface area contributed by atoms with Crippen LogP contribution in [0.25, 0.3) is 0 Å². The number of carbonyl (C=O) groups is 8. The van der Waals surface area contributed by atoms with E-state index in [9.17, 15) is 98.9 Å². The van der Waals surface area contributed by atoms with Gasteiger partial charge < -0.3 is 108 Å². The first kappa shape index (κ1) is 104. The fourth-order valence-corrected chi connectivity index (χ4v) is 15.6. The SMILES string of the molecule is COP(=O)([O-])OC[C@@H]1C[C@@H](O)CC1C(=O)CCCCCCCCCCC(=O)CC(COCCC(=O)CCCCCC(=O)CCCCOC1OC(CO)C(O)C(O)C1C)(COCCC(=O)CCCCCC(=O)CCCCOC1OC(CO)C(O)C(O)C1C)COCCC(=O)CCCCCC(=O)CCCOC1OC(CO)C(O)C(O)C1C. The number of phosphoric acid groups is 1. The number of phosphoric ester groups is 1. The molecular weight excluding hydrogens is 1520 g/mol. The summed E-state index contributed by atoms with van der Waals surface area (Å²) in [4.78, 5) is 117. The number of rotatable bonds is 71. The third-order valence-electron chi connectivity index (χ3n) is 22.7. The largest absolute Gasteiger partial charge is 0.756 e. The van der Waals surface area contributed by atoms with Crippen molar-refractivity contribution in [2.24, 2.45) is 35.0 Å². The number of ketones is 8. The van der Waals surface area contributed by atoms with Crippen molar-refractivity contribution in [3.05, 3.63) is 0 Å². The van der Waals surface area contributed by atoms with Crippen molar-refractivity contribution in [1.82, 2.24) is 0 Å². The first-order valence-electron chi connectivity index (χ1n) is 42.9. The molecule has 10 N–H and O–H groups in total. The van der Waals surface area contributed by atoms with Crippen molar-refractivity contribution < 1.29 is 151 Å². The number of ether oxygens (including phenoxy) is 9. The van der Waals surface area contributed by atoms with Crippen LogP contribution in [-0.4, -0.2) is 270 Å². The Hall–Kier alpha value is -3.29. The van der Waals surface area contributed by atoms with Crippen molar-refractivity contribution in [2.75, 3.05) is 93.0 Å². The quantitative estimate of drug-likeness (QED) is 0.0221. The Morgan fingerprint density at radius 1 is 0.374 bits per heavy atom. The van der Waals surface area contributed by atoms with Gasteiger partial charge in [-0.15, -0.1) is 0 Å². The molecular formula is C83H144O31P-. The van der Waals surface area contributed by atoms with Crippen LogP contribution in [0.5, 0.6) is 0 Å². The highest BCUT2D eigenvalue weighted by atomic mass is 31.2. The van der Waals surface area contributed by atoms with Gasteiger partial charge in [0.25, 0.3) is 7.82 Å². The zero-order chi connectivity index (χ0) is 84.6. The summed E-state index contributed by atoms with van der Waals surface area (Å²) in [6.45, 7) is 4.08. The van der Waals surface area contributed by atoms with Gasteiger partial charge in [-0.1, -0.05) is 78.6 Å². The zero-order valence-electron chi connectivity index (χ0n) is 69.2. The Kier molecular flexibility index (Phi) is 53.8. The first-order chi connectivity index (χ1) is 55.1. The molecule has 3 heterocycles. The molecule has 0 aromatic carbocycles. The number of hydrogen-bond acceptors (Lipinski definition) is 31. The average Bonchev–Trinajstić information content (AvgIpc) is 1.82. The van der Waals surface area contributed by atoms with Gasteiger partial charge in [0.2, 0.25) is 0 Å². The Morgan fingerprint density at radius 3 is 1.00 bits per heavy atom. The molecule has 32 heteroatoms. The fraction of sp³-hybridized carbons (Fsp3) is 0.904. The van der Waals surface area contributed by atoms with Gasteiger partial charge in [0.05, 0.1) is 97.1 Å². The maximum atomic E-state index is 14.2. The second kappa shape index (κ2) is 59.5. The molecule has 17 unspecified atom stereocenters. The Morgan fingerprint density at radius 2 is 0.661 bits per heavy atom. The molecule has 115 heavy (non-hydrogen) atoms. The standard InChI is InChI=1S/C83H145O31P/c1-57-74(96)77(99)71(50-84)112-80(57)108-41-24-22-33-61(87)27-15-11-18-30-64(90)38-44-105-54-83(49-67(93)35-14-9-7-5-6-8-10-21-37-70(95)69-48-68(94)47-60(69)53-111-115(102,103)104-4,56-107-46-40-66(92)32-20-13-17-29-63(89)36-26-43-110-82-59(3)76(98)79(101)73(52-86)114-82)55-106-45-39-65(91)31-19-12-16-28-62(88)34-23-25-42-109-81-58(2)75(97)78(100)72(51-85)113-81/h57-60,68-69,71-82,84-86,94,96-101H,5-56H2,1-4H3,(H,102,103)/p-1/t57?,58?,59?,60-,68+,69?,71?,72?,73?,74?,75?,76?,77?,78?,79?,80?,81?,82?,83?/m0/s1. The Balaban J connectivity index is 1.29. The fourth-order valence-electron chi connectivity index (χ4n) is 15.2. The third kappa shape index (κ3) is 41.9. The molecule has 0 radical (unpaired) electrons. The van der Waals surface area contributed by atoms with Crippen LogP contribution in [0.1, 0.15) is 271 Å². The van der Waals surface area contributed by atoms with E-state index >= 15 is 0 Å². The molecule has 1 saturated carbocycles. The number of carbonyl (C=O) groups excluding carboxylic acids is 8. The van der Waals surface area contributed by atoms with Crippen molar-refractivity contribution in [1.29, 1.82) is 0 Å². The molecule has 0 aromatic heterocycles. The number of unbranched alkanes of at least 4 members (excludes halogenated alkanes) is 15. The van der Waals surface area contributed by atoms with Gasteiger partial charge in [-0.2, -0.15) is 0 Å². The van der Waals surface area contributed by atoms with Gasteiger partial charge in [-0.25, -0.2) is 0 Å². The first-order valence-corrected chi connectivity index (χ1v) is 44.3. The molecule has 3 saturated heterocycles. The van der Waals surface area contributed by atoms with E-state index in [4.69, 9.17) is 47.2 Å². The maximum absolute atomic E-state index is 14.2. The monoisotopic (exact) mass is 1670 g/mol. The molecule has 668 valence electrons. The summed E-state index contributed by atoms with van der Waals surface area (Å²) in [5.41, 5.74) is -1.08. The lowest BCUT2D eigenvalue weighted by Crippen LogP contribution is -2.55. The predicted octanol–water partition coefficient (Wildman–Crippen LogP) is 6.80. The van der Waals surface area contributed by atoms with Crippen LogP contribution >= 0.6 is 7.82 Å². The molecule has 1 aliphatic carbocycles. The lowest BCUT2D eigenvalue weighted by atomic mass is 9.83. The number of Topliss-reactive ketones (excluding diaryl/α,β-unsaturated/α-hetero) is 8. The molecule has 4 fully saturated rings. The summed E-state index contributed by atoms with van der Waals surface area (Å²) in [6.07, 6.45) is 5.77. The van der Waals surface area contributed by atoms with Gasteiger partial charge in [-0.05, 0) is 102 Å². The van der Waals surface area contributed by atoms with Gasteiger partial charge in [0, 0.05) is 146 Å². The molecule has 0 spiro atoms. The van der Waals surface area contributed by atoms with E-state index in [1.54, 1.807) is 20.8 Å². The highest BCUT2D eigenvalue weighted by Gasteiger charge is 2.46. The molecule has 3 aliphatic heterocycles. The Bertz CT molecular complexity index is 2690. The molecule has 0 aromatic rings. The minimum atomic E-state index is -4.47. The summed E-state index contributed by atoms with van der Waals surface area (Å²) in [6, 6.07) is 0. The van der Waals surface area contributed by atoms with Crippen LogP contribution in [0.2, 0.25) is 0 Å². The second-order valence-corrected chi connectivity index (χ2v) is 34.1. The van der Waals surface area contributed by atoms with Crippen LogP contribution < -0.4 is 4.89 Å². The maximum Gasteiger partial charge on any atom is 0.267 e. The minimum Gasteiger partial charge on any atom is -0.756 e. The summed E-state index contributed by atoms with van der Waals surface area (Å²) < 4.78 is 74.0. The third-order valence-corrected chi connectivity index (χ3v) is 23.6. The summed E-state index contributed by atoms with van der Waals surface area (Å²) in [7, 11) is -3.48. The van der Waals surface area contributed by atoms with E-state index in [1.165, 1.54) is 0 Å². The van der Waals surface area contributed by atoms with E-state index < -0.39 is 143 Å². The van der Waals surface area contributed by atoms with Gasteiger partial charge in [-0.3, -0.25) is 42.9 Å². The van der Waals surface area contributed by atoms with Crippen molar-refractivity contribution in [3.63, 3.8) is 0 Å². The molecule has 0 bridgehead atoms. The van der Waals surface area contributed by atoms with Crippen LogP contribution in [0.3, 0.4) is 0 Å². The van der Waals surface area contributed by atoms with Crippen molar-refractivity contribution >= 4 is 54.1 Å². The lowest BCUT2D eigenvalue weighted by Gasteiger charge is -2.40. The lowest BCUT2D eigenvalue weighted by molar-refractivity contribution is -0.282. The van der Waals surface area contributed by atoms with E-state index in [2.05, 4.69) is 4.52 Å². The van der Waals surface area contributed by atoms with Crippen molar-refractivity contribution in [2.45, 2.75) is 351 Å². The van der Waals surface area contributed by atoms with Crippen LogP contribution in [0.4, 0.5) is 0 Å². The van der Waals surface area contributed by atoms with Gasteiger partial charge >= 0.3 is 0 Å². The highest BCUT2D eigenvalue weighted by molar-refractivity contribution is 7.45. The van der Waals surface area contributed by atoms with Crippen LogP contribution in [0, 0.1) is 35.0 Å². The minimum absolute atomic E-state index is 0.0171. The normalized spacial score (nSPS) is 27.5. The molecule has 19 atom stereocenters. The van der Waals surface area contributed by atoms with Gasteiger partial charge in [0.1, 0.15) is 82.9 Å². The number of hydrogen-bond donors (Lipinski definition) is 10. The van der Waals surface area contributed by atoms with Gasteiger partial charge in [0.15, 0.2) is 18.9 Å². The number of aliphatic hydroxyl groups excluding tert-OH is 10. The average molecular weight is 1670 g/mol. The van der Waals surface area contributed by atoms with E-state index in [0.717, 1.165) is 45.6 Å². The predicted molar refractivity (Wildman–Crippen MR) is 417 cm³/mol. The highest BCUT2D eigenvalue weighted by Crippen LogP contribution is 2.42. The Labute approximate surface area is 680 Å². The molecule has 4 rings (SSSR count). The zero-order valence-corrected chi connectivity index (χ0v) is 70.0. The molecule has 4 aliphatic rings. The van der Waals surface area contributed by atoms with Crippen LogP contribution in [0.15, 0.2) is 0 Å². The molecule has 31 nitrogen and oxygen atoms in total. The molecule has 0 amide bonds. The van der Waals surface area contributed by atoms with E-state index in [-0.39, 0.29) is 183 Å². The van der Waals surface area contributed by atoms with E-state index in [0.29, 0.717) is 141 Å². The number of aliphatic hydroxyl groups is 10. The second-order valence-electron chi connectivity index (χ2n) is 32.6. The van der Waals surface area contributed by atoms with Crippen LogP contribution in [-0.2, 0) is 94.6 Å².